The van der Waals surface area contributed by atoms with E-state index in [1.165, 1.54) is 0 Å². The second-order valence-corrected chi connectivity index (χ2v) is 7.82. The van der Waals surface area contributed by atoms with Gasteiger partial charge in [0.15, 0.2) is 0 Å². The molecule has 11 nitrogen and oxygen atoms in total. The molecule has 0 saturated heterocycles. The molecule has 0 aromatic carbocycles. The van der Waals surface area contributed by atoms with Crippen LogP contribution in [0, 0.1) is 6.92 Å². The Kier molecular flexibility index (Phi) is 3.97. The number of nitrogens with one attached hydrogen (secondary N) is 1. The zero-order valence-electron chi connectivity index (χ0n) is 17.4. The van der Waals surface area contributed by atoms with E-state index in [9.17, 15) is 4.79 Å². The number of amides is 1. The maximum Gasteiger partial charge on any atom is 0.312 e. The monoisotopic (exact) mass is 429 g/mol. The number of hydrogen-bond donors (Lipinski definition) is 1. The topological polar surface area (TPSA) is 123 Å². The van der Waals surface area contributed by atoms with E-state index in [4.69, 9.17) is 9.52 Å². The third-order valence-corrected chi connectivity index (χ3v) is 5.76. The van der Waals surface area contributed by atoms with Crippen molar-refractivity contribution in [3.63, 3.8) is 0 Å². The smallest absolute Gasteiger partial charge is 0.312 e. The van der Waals surface area contributed by atoms with Crippen molar-refractivity contribution >= 4 is 11.4 Å². The maximum atomic E-state index is 13.5. The van der Waals surface area contributed by atoms with Crippen molar-refractivity contribution < 1.29 is 9.21 Å². The Morgan fingerprint density at radius 3 is 3.03 bits per heavy atom. The lowest BCUT2D eigenvalue weighted by Crippen LogP contribution is -2.41. The van der Waals surface area contributed by atoms with Gasteiger partial charge in [0.2, 0.25) is 0 Å². The molecule has 1 N–H and O–H groups in total. The van der Waals surface area contributed by atoms with Crippen molar-refractivity contribution in [3.8, 4) is 11.5 Å². The van der Waals surface area contributed by atoms with Gasteiger partial charge in [0, 0.05) is 38.1 Å². The van der Waals surface area contributed by atoms with Gasteiger partial charge in [-0.25, -0.2) is 9.50 Å². The number of hydrogen-bond acceptors (Lipinski definition) is 7. The van der Waals surface area contributed by atoms with Gasteiger partial charge in [0.05, 0.1) is 35.0 Å². The van der Waals surface area contributed by atoms with E-state index in [0.717, 1.165) is 28.2 Å². The van der Waals surface area contributed by atoms with E-state index >= 15 is 0 Å². The second-order valence-electron chi connectivity index (χ2n) is 7.82. The van der Waals surface area contributed by atoms with Crippen LogP contribution in [0.3, 0.4) is 0 Å². The van der Waals surface area contributed by atoms with Crippen LogP contribution in [0.4, 0.5) is 0 Å². The molecule has 1 unspecified atom stereocenters. The second kappa shape index (κ2) is 6.87. The van der Waals surface area contributed by atoms with Crippen LogP contribution in [0.15, 0.2) is 47.5 Å². The molecule has 0 fully saturated rings. The average molecular weight is 429 g/mol. The fourth-order valence-electron chi connectivity index (χ4n) is 4.19. The molecule has 6 rings (SSSR count). The van der Waals surface area contributed by atoms with Gasteiger partial charge in [-0.3, -0.25) is 9.48 Å². The van der Waals surface area contributed by atoms with Gasteiger partial charge in [-0.05, 0) is 24.6 Å². The molecule has 0 saturated carbocycles. The summed E-state index contributed by atoms with van der Waals surface area (Å²) in [6.45, 7) is 2.50. The van der Waals surface area contributed by atoms with Crippen LogP contribution in [-0.4, -0.2) is 56.9 Å². The van der Waals surface area contributed by atoms with Gasteiger partial charge < -0.3 is 14.3 Å². The lowest BCUT2D eigenvalue weighted by Gasteiger charge is -2.32. The molecule has 0 aliphatic carbocycles. The Hall–Kier alpha value is -4.28. The molecule has 1 amide bonds. The molecule has 32 heavy (non-hydrogen) atoms. The molecular formula is C21H19N9O2. The minimum absolute atomic E-state index is 0.0761. The van der Waals surface area contributed by atoms with Crippen LogP contribution in [0.25, 0.3) is 17.0 Å². The van der Waals surface area contributed by atoms with Crippen molar-refractivity contribution in [2.75, 3.05) is 6.54 Å². The van der Waals surface area contributed by atoms with E-state index in [2.05, 4.69) is 25.3 Å². The van der Waals surface area contributed by atoms with E-state index in [1.54, 1.807) is 35.4 Å². The van der Waals surface area contributed by atoms with Crippen LogP contribution < -0.4 is 0 Å². The van der Waals surface area contributed by atoms with Gasteiger partial charge >= 0.3 is 11.8 Å². The molecule has 5 aromatic heterocycles. The number of fused-ring (bicyclic) bond motifs is 2. The van der Waals surface area contributed by atoms with Gasteiger partial charge in [-0.1, -0.05) is 6.07 Å². The number of nitrogens with zero attached hydrogens (tertiary/aromatic N) is 8. The van der Waals surface area contributed by atoms with Gasteiger partial charge in [0.25, 0.3) is 5.89 Å². The first-order chi connectivity index (χ1) is 15.6. The Balaban J connectivity index is 1.41. The van der Waals surface area contributed by atoms with Gasteiger partial charge in [0.1, 0.15) is 6.04 Å². The van der Waals surface area contributed by atoms with Crippen molar-refractivity contribution in [2.24, 2.45) is 7.05 Å². The highest BCUT2D eigenvalue weighted by atomic mass is 16.4. The van der Waals surface area contributed by atoms with Crippen LogP contribution in [-0.2, 0) is 13.5 Å². The zero-order chi connectivity index (χ0) is 21.8. The molecule has 0 bridgehead atoms. The number of carbonyl (C=O) groups excluding carboxylic acids is 1. The molecule has 5 aromatic rings. The number of rotatable bonds is 3. The lowest BCUT2D eigenvalue weighted by molar-refractivity contribution is 0.0646. The Morgan fingerprint density at radius 1 is 1.31 bits per heavy atom. The van der Waals surface area contributed by atoms with E-state index in [1.807, 2.05) is 35.8 Å². The minimum Gasteiger partial charge on any atom is -0.412 e. The summed E-state index contributed by atoms with van der Waals surface area (Å²) in [4.78, 5) is 22.9. The van der Waals surface area contributed by atoms with Crippen LogP contribution >= 0.6 is 0 Å². The molecule has 0 radical (unpaired) electrons. The van der Waals surface area contributed by atoms with Gasteiger partial charge in [-0.2, -0.15) is 10.2 Å². The number of aryl methyl sites for hydroxylation is 2. The van der Waals surface area contributed by atoms with E-state index in [-0.39, 0.29) is 17.7 Å². The summed E-state index contributed by atoms with van der Waals surface area (Å²) < 4.78 is 9.16. The molecule has 1 atom stereocenters. The third-order valence-electron chi connectivity index (χ3n) is 5.76. The maximum absolute atomic E-state index is 13.5. The Bertz CT molecular complexity index is 1460. The molecular weight excluding hydrogens is 410 g/mol. The largest absolute Gasteiger partial charge is 0.412 e. The summed E-state index contributed by atoms with van der Waals surface area (Å²) in [6, 6.07) is 5.51. The Labute approximate surface area is 181 Å². The average Bonchev–Trinajstić information content (AvgIpc) is 3.57. The minimum atomic E-state index is -0.467. The fourth-order valence-corrected chi connectivity index (χ4v) is 4.19. The van der Waals surface area contributed by atoms with Crippen molar-refractivity contribution in [1.29, 1.82) is 0 Å². The highest BCUT2D eigenvalue weighted by Gasteiger charge is 2.38. The van der Waals surface area contributed by atoms with Crippen molar-refractivity contribution in [2.45, 2.75) is 19.4 Å². The summed E-state index contributed by atoms with van der Waals surface area (Å²) in [5, 5.41) is 16.9. The molecule has 0 spiro atoms. The quantitative estimate of drug-likeness (QED) is 0.465. The van der Waals surface area contributed by atoms with Crippen LogP contribution in [0.2, 0.25) is 0 Å². The SMILES string of the molecule is Cc1cccn2nc(C3c4nc[nH]c4CCN3C(=O)c3nnc(-c4cnn(C)c4)o3)cc12. The lowest BCUT2D eigenvalue weighted by atomic mass is 9.99. The summed E-state index contributed by atoms with van der Waals surface area (Å²) in [5.74, 6) is -0.188. The van der Waals surface area contributed by atoms with Gasteiger partial charge in [-0.15, -0.1) is 10.2 Å². The normalized spacial score (nSPS) is 15.9. The van der Waals surface area contributed by atoms with Crippen LogP contribution in [0.5, 0.6) is 0 Å². The van der Waals surface area contributed by atoms with Crippen molar-refractivity contribution in [1.82, 2.24) is 44.5 Å². The first-order valence-electron chi connectivity index (χ1n) is 10.2. The Morgan fingerprint density at radius 2 is 2.22 bits per heavy atom. The number of aromatic amines is 1. The standard InChI is InChI=1S/C21H19N9O2/c1-12-4-3-6-30-16(12)8-15(27-30)18-17-14(22-11-23-17)5-7-29(18)21(31)20-26-25-19(32-20)13-9-24-28(2)10-13/h3-4,6,8-11,18H,5,7H2,1-2H3,(H,22,23). The number of imidazole rings is 1. The molecule has 6 heterocycles. The van der Waals surface area contributed by atoms with Crippen molar-refractivity contribution in [3.05, 3.63) is 71.7 Å². The number of aromatic nitrogens is 8. The molecule has 1 aliphatic heterocycles. The van der Waals surface area contributed by atoms with E-state index in [0.29, 0.717) is 18.5 Å². The predicted octanol–water partition coefficient (Wildman–Crippen LogP) is 1.94. The molecule has 1 aliphatic rings. The highest BCUT2D eigenvalue weighted by Crippen LogP contribution is 2.34. The number of H-pyrrole nitrogens is 1. The number of pyridine rings is 1. The zero-order valence-corrected chi connectivity index (χ0v) is 17.4. The summed E-state index contributed by atoms with van der Waals surface area (Å²) in [6.07, 6.45) is 7.55. The molecule has 160 valence electrons. The first-order valence-corrected chi connectivity index (χ1v) is 10.2. The summed E-state index contributed by atoms with van der Waals surface area (Å²) >= 11 is 0. The molecule has 11 heteroatoms. The highest BCUT2D eigenvalue weighted by molar-refractivity contribution is 5.90. The first kappa shape index (κ1) is 18.5. The van der Waals surface area contributed by atoms with Crippen LogP contribution in [0.1, 0.15) is 39.4 Å². The number of carbonyl (C=O) groups is 1. The predicted molar refractivity (Wildman–Crippen MR) is 112 cm³/mol. The third kappa shape index (κ3) is 2.82. The van der Waals surface area contributed by atoms with E-state index < -0.39 is 6.04 Å². The summed E-state index contributed by atoms with van der Waals surface area (Å²) in [5.41, 5.74) is 5.23. The fraction of sp³-hybridized carbons (Fsp3) is 0.238. The summed E-state index contributed by atoms with van der Waals surface area (Å²) in [7, 11) is 1.79.